The third-order valence-corrected chi connectivity index (χ3v) is 4.47. The van der Waals surface area contributed by atoms with E-state index in [1.807, 2.05) is 41.3 Å². The predicted octanol–water partition coefficient (Wildman–Crippen LogP) is 3.88. The third-order valence-electron chi connectivity index (χ3n) is 3.34. The Kier molecular flexibility index (Phi) is 4.18. The largest absolute Gasteiger partial charge is 0.311 e. The van der Waals surface area contributed by atoms with Crippen LogP contribution in [0.2, 0.25) is 0 Å². The SMILES string of the molecule is O=C(c1ccccc1)C(Cl)(Br)N1CN(c2ccccc2)C=N1. The van der Waals surface area contributed by atoms with Crippen molar-refractivity contribution < 1.29 is 4.79 Å². The first kappa shape index (κ1) is 15.1. The monoisotopic (exact) mass is 377 g/mol. The van der Waals surface area contributed by atoms with Crippen molar-refractivity contribution in [3.05, 3.63) is 66.2 Å². The van der Waals surface area contributed by atoms with Crippen LogP contribution in [0.4, 0.5) is 5.69 Å². The summed E-state index contributed by atoms with van der Waals surface area (Å²) < 4.78 is -1.41. The number of nitrogens with zero attached hydrogens (tertiary/aromatic N) is 3. The summed E-state index contributed by atoms with van der Waals surface area (Å²) in [5, 5.41) is 5.76. The summed E-state index contributed by atoms with van der Waals surface area (Å²) in [6.45, 7) is 0.386. The Morgan fingerprint density at radius 1 is 1.09 bits per heavy atom. The molecule has 0 amide bonds. The number of hydrogen-bond acceptors (Lipinski definition) is 4. The second-order valence-electron chi connectivity index (χ2n) is 4.81. The Morgan fingerprint density at radius 3 is 2.32 bits per heavy atom. The third kappa shape index (κ3) is 2.87. The maximum atomic E-state index is 12.6. The molecule has 0 spiro atoms. The molecule has 0 aromatic heterocycles. The smallest absolute Gasteiger partial charge is 0.250 e. The molecule has 1 aliphatic heterocycles. The number of halogens is 2. The molecule has 6 heteroatoms. The van der Waals surface area contributed by atoms with Crippen LogP contribution in [0.5, 0.6) is 0 Å². The van der Waals surface area contributed by atoms with Gasteiger partial charge in [0.2, 0.25) is 5.78 Å². The van der Waals surface area contributed by atoms with E-state index in [9.17, 15) is 4.79 Å². The van der Waals surface area contributed by atoms with Gasteiger partial charge in [0.1, 0.15) is 13.0 Å². The van der Waals surface area contributed by atoms with Crippen molar-refractivity contribution in [3.8, 4) is 0 Å². The molecule has 0 saturated heterocycles. The number of carbonyl (C=O) groups excluding carboxylic acids is 1. The first-order valence-corrected chi connectivity index (χ1v) is 7.87. The van der Waals surface area contributed by atoms with Gasteiger partial charge in [0.05, 0.1) is 0 Å². The lowest BCUT2D eigenvalue weighted by molar-refractivity contribution is 0.0888. The molecule has 1 heterocycles. The standard InChI is InChI=1S/C16H13BrClN3O/c17-16(18,15(22)13-7-3-1-4-8-13)21-12-20(11-19-21)14-9-5-2-6-10-14/h1-11H,12H2. The molecule has 1 unspecified atom stereocenters. The van der Waals surface area contributed by atoms with Crippen LogP contribution in [0.1, 0.15) is 10.4 Å². The number of rotatable bonds is 4. The minimum Gasteiger partial charge on any atom is -0.311 e. The summed E-state index contributed by atoms with van der Waals surface area (Å²) in [6.07, 6.45) is 1.66. The van der Waals surface area contributed by atoms with Crippen LogP contribution in [0.25, 0.3) is 0 Å². The van der Waals surface area contributed by atoms with E-state index in [4.69, 9.17) is 11.6 Å². The summed E-state index contributed by atoms with van der Waals surface area (Å²) in [4.78, 5) is 14.5. The zero-order valence-electron chi connectivity index (χ0n) is 11.6. The molecular weight excluding hydrogens is 366 g/mol. The average molecular weight is 379 g/mol. The summed E-state index contributed by atoms with van der Waals surface area (Å²) in [5.41, 5.74) is 1.52. The highest BCUT2D eigenvalue weighted by Crippen LogP contribution is 2.35. The first-order chi connectivity index (χ1) is 10.6. The lowest BCUT2D eigenvalue weighted by Gasteiger charge is -2.29. The molecule has 4 nitrogen and oxygen atoms in total. The molecule has 0 aliphatic carbocycles. The highest BCUT2D eigenvalue weighted by molar-refractivity contribution is 9.10. The van der Waals surface area contributed by atoms with E-state index in [-0.39, 0.29) is 5.78 Å². The highest BCUT2D eigenvalue weighted by atomic mass is 79.9. The van der Waals surface area contributed by atoms with Gasteiger partial charge < -0.3 is 4.90 Å². The number of alkyl halides is 2. The van der Waals surface area contributed by atoms with Crippen molar-refractivity contribution in [2.75, 3.05) is 11.6 Å². The van der Waals surface area contributed by atoms with Crippen molar-refractivity contribution in [2.24, 2.45) is 5.10 Å². The number of anilines is 1. The van der Waals surface area contributed by atoms with Crippen LogP contribution in [-0.4, -0.2) is 27.7 Å². The van der Waals surface area contributed by atoms with Crippen LogP contribution < -0.4 is 4.90 Å². The van der Waals surface area contributed by atoms with Crippen LogP contribution in [0.15, 0.2) is 65.8 Å². The molecule has 3 rings (SSSR count). The Labute approximate surface area is 142 Å². The predicted molar refractivity (Wildman–Crippen MR) is 92.4 cm³/mol. The summed E-state index contributed by atoms with van der Waals surface area (Å²) >= 11 is 9.75. The fourth-order valence-corrected chi connectivity index (χ4v) is 2.79. The molecule has 1 atom stereocenters. The van der Waals surface area contributed by atoms with Gasteiger partial charge in [0.25, 0.3) is 3.91 Å². The molecule has 2 aromatic rings. The molecular formula is C16H13BrClN3O. The molecule has 0 saturated carbocycles. The summed E-state index contributed by atoms with van der Waals surface area (Å²) in [5.74, 6) is -0.248. The lowest BCUT2D eigenvalue weighted by Crippen LogP contribution is -2.43. The van der Waals surface area contributed by atoms with E-state index in [0.29, 0.717) is 12.2 Å². The topological polar surface area (TPSA) is 35.9 Å². The second-order valence-corrected chi connectivity index (χ2v) is 6.96. The van der Waals surface area contributed by atoms with Gasteiger partial charge in [-0.05, 0) is 28.1 Å². The van der Waals surface area contributed by atoms with E-state index in [0.717, 1.165) is 5.69 Å². The number of para-hydroxylation sites is 1. The molecule has 0 bridgehead atoms. The number of ketones is 1. The van der Waals surface area contributed by atoms with Crippen molar-refractivity contribution in [3.63, 3.8) is 0 Å². The number of Topliss-reactive ketones (excluding diaryl/α,β-unsaturated/α-hetero) is 1. The van der Waals surface area contributed by atoms with Crippen LogP contribution >= 0.6 is 27.5 Å². The molecule has 112 valence electrons. The molecule has 22 heavy (non-hydrogen) atoms. The molecule has 0 radical (unpaired) electrons. The number of hydrazone groups is 1. The summed E-state index contributed by atoms with van der Waals surface area (Å²) in [6, 6.07) is 18.7. The maximum Gasteiger partial charge on any atom is 0.250 e. The van der Waals surface area contributed by atoms with Gasteiger partial charge in [0.15, 0.2) is 0 Å². The minimum atomic E-state index is -1.41. The van der Waals surface area contributed by atoms with Crippen molar-refractivity contribution in [1.82, 2.24) is 5.01 Å². The normalized spacial score (nSPS) is 16.6. The Bertz CT molecular complexity index is 691. The highest BCUT2D eigenvalue weighted by Gasteiger charge is 2.42. The van der Waals surface area contributed by atoms with Crippen molar-refractivity contribution in [1.29, 1.82) is 0 Å². The number of carbonyl (C=O) groups is 1. The zero-order chi connectivity index (χ0) is 15.6. The summed E-state index contributed by atoms with van der Waals surface area (Å²) in [7, 11) is 0. The maximum absolute atomic E-state index is 12.6. The minimum absolute atomic E-state index is 0.248. The van der Waals surface area contributed by atoms with Crippen molar-refractivity contribution in [2.45, 2.75) is 3.91 Å². The number of benzene rings is 2. The zero-order valence-corrected chi connectivity index (χ0v) is 13.9. The number of hydrogen-bond donors (Lipinski definition) is 0. The van der Waals surface area contributed by atoms with Gasteiger partial charge in [-0.15, -0.1) is 0 Å². The van der Waals surface area contributed by atoms with Gasteiger partial charge in [0, 0.05) is 11.3 Å². The van der Waals surface area contributed by atoms with Crippen molar-refractivity contribution >= 4 is 45.3 Å². The van der Waals surface area contributed by atoms with E-state index in [2.05, 4.69) is 21.0 Å². The Hall–Kier alpha value is -1.85. The van der Waals surface area contributed by atoms with Crippen LogP contribution in [-0.2, 0) is 0 Å². The Morgan fingerprint density at radius 2 is 1.68 bits per heavy atom. The Balaban J connectivity index is 1.77. The van der Waals surface area contributed by atoms with Crippen LogP contribution in [0.3, 0.4) is 0 Å². The van der Waals surface area contributed by atoms with Gasteiger partial charge in [-0.25, -0.2) is 5.01 Å². The van der Waals surface area contributed by atoms with E-state index < -0.39 is 3.91 Å². The first-order valence-electron chi connectivity index (χ1n) is 6.70. The quantitative estimate of drug-likeness (QED) is 0.460. The average Bonchev–Trinajstić information content (AvgIpc) is 3.06. The molecule has 1 aliphatic rings. The van der Waals surface area contributed by atoms with E-state index >= 15 is 0 Å². The van der Waals surface area contributed by atoms with E-state index in [1.165, 1.54) is 5.01 Å². The van der Waals surface area contributed by atoms with Gasteiger partial charge in [-0.3, -0.25) is 4.79 Å². The van der Waals surface area contributed by atoms with Crippen LogP contribution in [0, 0.1) is 0 Å². The second kappa shape index (κ2) is 6.10. The fraction of sp³-hybridized carbons (Fsp3) is 0.125. The molecule has 0 fully saturated rings. The van der Waals surface area contributed by atoms with Gasteiger partial charge in [-0.2, -0.15) is 5.10 Å². The molecule has 0 N–H and O–H groups in total. The van der Waals surface area contributed by atoms with Gasteiger partial charge >= 0.3 is 0 Å². The fourth-order valence-electron chi connectivity index (χ4n) is 2.15. The van der Waals surface area contributed by atoms with E-state index in [1.54, 1.807) is 30.6 Å². The lowest BCUT2D eigenvalue weighted by atomic mass is 10.1. The molecule has 2 aromatic carbocycles. The van der Waals surface area contributed by atoms with Gasteiger partial charge in [-0.1, -0.05) is 60.1 Å².